The molecule has 6 nitrogen and oxygen atoms in total. The van der Waals surface area contributed by atoms with Gasteiger partial charge in [-0.3, -0.25) is 9.59 Å². The van der Waals surface area contributed by atoms with Crippen LogP contribution in [-0.4, -0.2) is 36.6 Å². The van der Waals surface area contributed by atoms with E-state index in [-0.39, 0.29) is 23.5 Å². The minimum absolute atomic E-state index is 0.0340. The number of hydrogen-bond donors (Lipinski definition) is 2. The van der Waals surface area contributed by atoms with Crippen LogP contribution in [0.25, 0.3) is 0 Å². The fourth-order valence-corrected chi connectivity index (χ4v) is 4.47. The van der Waals surface area contributed by atoms with Crippen LogP contribution in [-0.2, 0) is 16.0 Å². The normalized spacial score (nSPS) is 23.3. The summed E-state index contributed by atoms with van der Waals surface area (Å²) >= 11 is 1.65. The van der Waals surface area contributed by atoms with Crippen molar-refractivity contribution in [2.24, 2.45) is 0 Å². The van der Waals surface area contributed by atoms with Crippen molar-refractivity contribution in [1.82, 2.24) is 10.6 Å². The molecule has 1 fully saturated rings. The number of fused-ring (bicyclic) bond motifs is 1. The first-order valence-corrected chi connectivity index (χ1v) is 10.5. The molecule has 2 N–H and O–H groups in total. The monoisotopic (exact) mass is 400 g/mol. The Bertz CT molecular complexity index is 839. The third-order valence-electron chi connectivity index (χ3n) is 5.28. The lowest BCUT2D eigenvalue weighted by Crippen LogP contribution is -2.45. The van der Waals surface area contributed by atoms with E-state index in [1.165, 1.54) is 5.56 Å². The average molecular weight is 401 g/mol. The van der Waals surface area contributed by atoms with E-state index in [0.717, 1.165) is 18.6 Å². The van der Waals surface area contributed by atoms with Gasteiger partial charge in [0, 0.05) is 18.4 Å². The summed E-state index contributed by atoms with van der Waals surface area (Å²) in [6, 6.07) is 9.60. The lowest BCUT2D eigenvalue weighted by Gasteiger charge is -2.29. The van der Waals surface area contributed by atoms with E-state index in [1.807, 2.05) is 29.6 Å². The standard InChI is InChI=1S/C21H24N2O4S/c24-19(22-12-16-13-26-17-3-1-2-4-18(17)27-16)5-8-21(9-6-20(25)23-21)11-15-7-10-28-14-15/h1-4,7,10,14,16H,5-6,8-9,11-13H2,(H,22,24)(H,23,25)/t16-,21+/m0/s1. The fraction of sp³-hybridized carbons (Fsp3) is 0.429. The highest BCUT2D eigenvalue weighted by atomic mass is 32.1. The summed E-state index contributed by atoms with van der Waals surface area (Å²) in [7, 11) is 0. The maximum absolute atomic E-state index is 12.4. The molecule has 0 spiro atoms. The molecular formula is C21H24N2O4S. The van der Waals surface area contributed by atoms with Crippen LogP contribution in [0.3, 0.4) is 0 Å². The van der Waals surface area contributed by atoms with Crippen LogP contribution in [0.4, 0.5) is 0 Å². The number of thiophene rings is 1. The molecule has 1 aromatic heterocycles. The first kappa shape index (κ1) is 18.8. The first-order valence-electron chi connectivity index (χ1n) is 9.59. The maximum Gasteiger partial charge on any atom is 0.220 e. The molecule has 7 heteroatoms. The molecule has 2 aromatic rings. The number of para-hydroxylation sites is 2. The number of benzene rings is 1. The number of carbonyl (C=O) groups is 2. The predicted molar refractivity (Wildman–Crippen MR) is 107 cm³/mol. The van der Waals surface area contributed by atoms with Crippen molar-refractivity contribution in [3.63, 3.8) is 0 Å². The number of rotatable bonds is 7. The Morgan fingerprint density at radius 2 is 2.14 bits per heavy atom. The van der Waals surface area contributed by atoms with Crippen LogP contribution in [0.1, 0.15) is 31.2 Å². The van der Waals surface area contributed by atoms with Gasteiger partial charge in [0.2, 0.25) is 11.8 Å². The summed E-state index contributed by atoms with van der Waals surface area (Å²) in [4.78, 5) is 24.2. The smallest absolute Gasteiger partial charge is 0.220 e. The second-order valence-corrected chi connectivity index (χ2v) is 8.22. The first-order chi connectivity index (χ1) is 13.6. The highest BCUT2D eigenvalue weighted by Crippen LogP contribution is 2.31. The van der Waals surface area contributed by atoms with Crippen molar-refractivity contribution >= 4 is 23.2 Å². The Labute approximate surface area is 168 Å². The molecule has 0 radical (unpaired) electrons. The Kier molecular flexibility index (Phi) is 5.52. The van der Waals surface area contributed by atoms with Crippen LogP contribution >= 0.6 is 11.3 Å². The van der Waals surface area contributed by atoms with Gasteiger partial charge >= 0.3 is 0 Å². The maximum atomic E-state index is 12.4. The molecule has 2 atom stereocenters. The van der Waals surface area contributed by atoms with Gasteiger partial charge in [-0.2, -0.15) is 11.3 Å². The molecule has 0 saturated carbocycles. The zero-order valence-electron chi connectivity index (χ0n) is 15.6. The van der Waals surface area contributed by atoms with E-state index in [1.54, 1.807) is 11.3 Å². The summed E-state index contributed by atoms with van der Waals surface area (Å²) in [6.07, 6.45) is 2.86. The Morgan fingerprint density at radius 1 is 1.29 bits per heavy atom. The number of nitrogens with one attached hydrogen (secondary N) is 2. The molecule has 2 aliphatic heterocycles. The summed E-state index contributed by atoms with van der Waals surface area (Å²) in [5.74, 6) is 1.48. The zero-order valence-corrected chi connectivity index (χ0v) is 16.4. The molecule has 28 heavy (non-hydrogen) atoms. The van der Waals surface area contributed by atoms with E-state index in [2.05, 4.69) is 22.1 Å². The van der Waals surface area contributed by atoms with E-state index in [0.29, 0.717) is 38.2 Å². The third-order valence-corrected chi connectivity index (χ3v) is 6.01. The van der Waals surface area contributed by atoms with E-state index < -0.39 is 0 Å². The lowest BCUT2D eigenvalue weighted by molar-refractivity contribution is -0.123. The topological polar surface area (TPSA) is 76.7 Å². The van der Waals surface area contributed by atoms with E-state index in [4.69, 9.17) is 9.47 Å². The molecule has 3 heterocycles. The highest BCUT2D eigenvalue weighted by Gasteiger charge is 2.38. The molecule has 1 aromatic carbocycles. The minimum atomic E-state index is -0.321. The average Bonchev–Trinajstić information content (AvgIpc) is 3.35. The zero-order chi connectivity index (χ0) is 19.4. The Balaban J connectivity index is 1.27. The third kappa shape index (κ3) is 4.47. The van der Waals surface area contributed by atoms with Crippen LogP contribution in [0.5, 0.6) is 11.5 Å². The van der Waals surface area contributed by atoms with Crippen molar-refractivity contribution in [3.05, 3.63) is 46.7 Å². The van der Waals surface area contributed by atoms with Crippen LogP contribution in [0, 0.1) is 0 Å². The summed E-state index contributed by atoms with van der Waals surface area (Å²) in [5, 5.41) is 10.2. The van der Waals surface area contributed by atoms with Crippen LogP contribution < -0.4 is 20.1 Å². The van der Waals surface area contributed by atoms with Gasteiger partial charge in [-0.05, 0) is 53.8 Å². The molecule has 2 aliphatic rings. The van der Waals surface area contributed by atoms with Gasteiger partial charge in [-0.1, -0.05) is 12.1 Å². The van der Waals surface area contributed by atoms with E-state index in [9.17, 15) is 9.59 Å². The van der Waals surface area contributed by atoms with Crippen molar-refractivity contribution in [3.8, 4) is 11.5 Å². The van der Waals surface area contributed by atoms with Crippen LogP contribution in [0.2, 0.25) is 0 Å². The second-order valence-electron chi connectivity index (χ2n) is 7.44. The molecule has 0 bridgehead atoms. The van der Waals surface area contributed by atoms with Gasteiger partial charge in [0.15, 0.2) is 11.5 Å². The molecule has 0 unspecified atom stereocenters. The molecule has 148 valence electrons. The largest absolute Gasteiger partial charge is 0.486 e. The van der Waals surface area contributed by atoms with Crippen molar-refractivity contribution in [2.45, 2.75) is 43.7 Å². The predicted octanol–water partition coefficient (Wildman–Crippen LogP) is 2.68. The van der Waals surface area contributed by atoms with Gasteiger partial charge in [-0.15, -0.1) is 0 Å². The van der Waals surface area contributed by atoms with Gasteiger partial charge in [-0.25, -0.2) is 0 Å². The Morgan fingerprint density at radius 3 is 2.89 bits per heavy atom. The minimum Gasteiger partial charge on any atom is -0.486 e. The summed E-state index contributed by atoms with van der Waals surface area (Å²) in [6.45, 7) is 0.812. The van der Waals surface area contributed by atoms with Crippen molar-refractivity contribution in [1.29, 1.82) is 0 Å². The van der Waals surface area contributed by atoms with Crippen LogP contribution in [0.15, 0.2) is 41.1 Å². The number of ether oxygens (including phenoxy) is 2. The van der Waals surface area contributed by atoms with Crippen molar-refractivity contribution < 1.29 is 19.1 Å². The Hall–Kier alpha value is -2.54. The molecule has 0 aliphatic carbocycles. The van der Waals surface area contributed by atoms with Gasteiger partial charge in [0.05, 0.1) is 6.54 Å². The van der Waals surface area contributed by atoms with Gasteiger partial charge in [0.1, 0.15) is 12.7 Å². The van der Waals surface area contributed by atoms with Gasteiger partial charge in [0.25, 0.3) is 0 Å². The van der Waals surface area contributed by atoms with E-state index >= 15 is 0 Å². The quantitative estimate of drug-likeness (QED) is 0.749. The SMILES string of the molecule is O=C(CC[C@]1(Cc2ccsc2)CCC(=O)N1)NC[C@H]1COc2ccccc2O1. The second kappa shape index (κ2) is 8.22. The summed E-state index contributed by atoms with van der Waals surface area (Å²) < 4.78 is 11.5. The molecule has 4 rings (SSSR count). The molecule has 2 amide bonds. The summed E-state index contributed by atoms with van der Waals surface area (Å²) in [5.41, 5.74) is 0.887. The fourth-order valence-electron chi connectivity index (χ4n) is 3.80. The van der Waals surface area contributed by atoms with Crippen molar-refractivity contribution in [2.75, 3.05) is 13.2 Å². The number of carbonyl (C=O) groups excluding carboxylic acids is 2. The number of hydrogen-bond acceptors (Lipinski definition) is 5. The highest BCUT2D eigenvalue weighted by molar-refractivity contribution is 7.07. The van der Waals surface area contributed by atoms with Gasteiger partial charge < -0.3 is 20.1 Å². The molecule has 1 saturated heterocycles. The number of amides is 2. The molecular weight excluding hydrogens is 376 g/mol. The lowest BCUT2D eigenvalue weighted by atomic mass is 9.85.